The van der Waals surface area contributed by atoms with Crippen LogP contribution in [0, 0.1) is 0 Å². The monoisotopic (exact) mass is 323 g/mol. The quantitative estimate of drug-likeness (QED) is 0.829. The number of nitrogens with one attached hydrogen (secondary N) is 1. The molecule has 0 saturated carbocycles. The number of rotatable bonds is 6. The molecule has 2 rings (SSSR count). The van der Waals surface area contributed by atoms with E-state index in [4.69, 9.17) is 4.74 Å². The first-order valence-corrected chi connectivity index (χ1v) is 7.13. The van der Waals surface area contributed by atoms with Crippen molar-refractivity contribution >= 4 is 21.6 Å². The highest BCUT2D eigenvalue weighted by Gasteiger charge is 2.04. The highest BCUT2D eigenvalue weighted by atomic mass is 79.9. The molecule has 1 N–H and O–H groups in total. The first-order chi connectivity index (χ1) is 9.19. The van der Waals surface area contributed by atoms with E-state index < -0.39 is 0 Å². The van der Waals surface area contributed by atoms with Crippen LogP contribution in [-0.2, 0) is 13.5 Å². The maximum Gasteiger partial charge on any atom is 0.120 e. The number of aryl methyl sites for hydroxylation is 2. The van der Waals surface area contributed by atoms with Gasteiger partial charge in [0.25, 0.3) is 0 Å². The molecule has 0 bridgehead atoms. The van der Waals surface area contributed by atoms with Crippen LogP contribution in [-0.4, -0.2) is 22.9 Å². The van der Waals surface area contributed by atoms with Gasteiger partial charge in [0, 0.05) is 24.3 Å². The summed E-state index contributed by atoms with van der Waals surface area (Å²) in [5.41, 5.74) is 2.17. The summed E-state index contributed by atoms with van der Waals surface area (Å²) in [6, 6.07) is 7.85. The van der Waals surface area contributed by atoms with Gasteiger partial charge in [0.05, 0.1) is 11.4 Å². The molecule has 0 aliphatic rings. The fraction of sp³-hybridized carbons (Fsp3) is 0.357. The topological polar surface area (TPSA) is 39.1 Å². The van der Waals surface area contributed by atoms with E-state index in [0.29, 0.717) is 6.61 Å². The van der Waals surface area contributed by atoms with Crippen LogP contribution < -0.4 is 10.1 Å². The van der Waals surface area contributed by atoms with Gasteiger partial charge in [-0.15, -0.1) is 0 Å². The summed E-state index contributed by atoms with van der Waals surface area (Å²) < 4.78 is 8.53. The second kappa shape index (κ2) is 6.61. The average Bonchev–Trinajstić information content (AvgIpc) is 2.75. The minimum absolute atomic E-state index is 0.620. The number of ether oxygens (including phenoxy) is 1. The standard InChI is InChI=1S/C14H18BrN3O/c1-3-13-14(10-18(2)17-13)16-7-8-19-12-6-4-5-11(15)9-12/h4-6,9-10,16H,3,7-8H2,1-2H3. The maximum atomic E-state index is 5.67. The van der Waals surface area contributed by atoms with Crippen molar-refractivity contribution in [3.63, 3.8) is 0 Å². The van der Waals surface area contributed by atoms with E-state index in [1.54, 1.807) is 0 Å². The smallest absolute Gasteiger partial charge is 0.120 e. The van der Waals surface area contributed by atoms with Crippen LogP contribution in [0.3, 0.4) is 0 Å². The van der Waals surface area contributed by atoms with Crippen molar-refractivity contribution in [3.8, 4) is 5.75 Å². The normalized spacial score (nSPS) is 10.5. The lowest BCUT2D eigenvalue weighted by Crippen LogP contribution is -2.12. The van der Waals surface area contributed by atoms with Crippen molar-refractivity contribution in [1.29, 1.82) is 0 Å². The summed E-state index contributed by atoms with van der Waals surface area (Å²) in [4.78, 5) is 0. The lowest BCUT2D eigenvalue weighted by Gasteiger charge is -2.08. The summed E-state index contributed by atoms with van der Waals surface area (Å²) >= 11 is 3.42. The van der Waals surface area contributed by atoms with Crippen LogP contribution in [0.5, 0.6) is 5.75 Å². The molecular formula is C14H18BrN3O. The average molecular weight is 324 g/mol. The lowest BCUT2D eigenvalue weighted by atomic mass is 10.3. The first-order valence-electron chi connectivity index (χ1n) is 6.34. The molecule has 0 saturated heterocycles. The zero-order valence-corrected chi connectivity index (χ0v) is 12.8. The molecule has 0 amide bonds. The Hall–Kier alpha value is -1.49. The molecule has 4 nitrogen and oxygen atoms in total. The number of anilines is 1. The lowest BCUT2D eigenvalue weighted by molar-refractivity contribution is 0.332. The van der Waals surface area contributed by atoms with E-state index in [-0.39, 0.29) is 0 Å². The van der Waals surface area contributed by atoms with Gasteiger partial charge in [0.15, 0.2) is 0 Å². The molecule has 1 aromatic carbocycles. The highest BCUT2D eigenvalue weighted by Crippen LogP contribution is 2.18. The van der Waals surface area contributed by atoms with Crippen LogP contribution in [0.1, 0.15) is 12.6 Å². The van der Waals surface area contributed by atoms with Crippen molar-refractivity contribution in [3.05, 3.63) is 40.6 Å². The zero-order chi connectivity index (χ0) is 13.7. The Morgan fingerprint density at radius 3 is 3.00 bits per heavy atom. The summed E-state index contributed by atoms with van der Waals surface area (Å²) in [6.07, 6.45) is 2.92. The number of benzene rings is 1. The molecule has 0 fully saturated rings. The molecule has 102 valence electrons. The van der Waals surface area contributed by atoms with Gasteiger partial charge in [-0.2, -0.15) is 5.10 Å². The Morgan fingerprint density at radius 1 is 1.42 bits per heavy atom. The third-order valence-corrected chi connectivity index (χ3v) is 3.22. The van der Waals surface area contributed by atoms with Gasteiger partial charge in [-0.05, 0) is 24.6 Å². The van der Waals surface area contributed by atoms with Crippen molar-refractivity contribution in [2.24, 2.45) is 7.05 Å². The molecule has 0 aliphatic heterocycles. The van der Waals surface area contributed by atoms with E-state index in [1.165, 1.54) is 0 Å². The van der Waals surface area contributed by atoms with Gasteiger partial charge in [-0.1, -0.05) is 28.9 Å². The van der Waals surface area contributed by atoms with E-state index in [1.807, 2.05) is 42.2 Å². The van der Waals surface area contributed by atoms with Gasteiger partial charge in [0.2, 0.25) is 0 Å². The van der Waals surface area contributed by atoms with Crippen molar-refractivity contribution in [2.45, 2.75) is 13.3 Å². The van der Waals surface area contributed by atoms with Crippen LogP contribution in [0.2, 0.25) is 0 Å². The van der Waals surface area contributed by atoms with Gasteiger partial charge in [-0.25, -0.2) is 0 Å². The number of halogens is 1. The van der Waals surface area contributed by atoms with E-state index in [9.17, 15) is 0 Å². The molecule has 2 aromatic rings. The van der Waals surface area contributed by atoms with E-state index in [2.05, 4.69) is 33.3 Å². The van der Waals surface area contributed by atoms with Crippen molar-refractivity contribution < 1.29 is 4.74 Å². The second-order valence-electron chi connectivity index (χ2n) is 4.25. The molecule has 0 radical (unpaired) electrons. The Labute approximate surface area is 121 Å². The van der Waals surface area contributed by atoms with Crippen LogP contribution in [0.15, 0.2) is 34.9 Å². The molecule has 0 spiro atoms. The highest BCUT2D eigenvalue weighted by molar-refractivity contribution is 9.10. The van der Waals surface area contributed by atoms with Crippen LogP contribution in [0.4, 0.5) is 5.69 Å². The Balaban J connectivity index is 1.80. The maximum absolute atomic E-state index is 5.67. The molecule has 1 aromatic heterocycles. The molecule has 1 heterocycles. The van der Waals surface area contributed by atoms with Gasteiger partial charge < -0.3 is 10.1 Å². The molecule has 19 heavy (non-hydrogen) atoms. The van der Waals surface area contributed by atoms with Gasteiger partial charge >= 0.3 is 0 Å². The Kier molecular flexibility index (Phi) is 4.85. The van der Waals surface area contributed by atoms with E-state index in [0.717, 1.165) is 34.6 Å². The fourth-order valence-corrected chi connectivity index (χ4v) is 2.23. The second-order valence-corrected chi connectivity index (χ2v) is 5.16. The zero-order valence-electron chi connectivity index (χ0n) is 11.2. The summed E-state index contributed by atoms with van der Waals surface area (Å²) in [6.45, 7) is 3.48. The minimum Gasteiger partial charge on any atom is -0.492 e. The van der Waals surface area contributed by atoms with Gasteiger partial charge in [-0.3, -0.25) is 4.68 Å². The van der Waals surface area contributed by atoms with Crippen LogP contribution >= 0.6 is 15.9 Å². The van der Waals surface area contributed by atoms with Crippen molar-refractivity contribution in [1.82, 2.24) is 9.78 Å². The van der Waals surface area contributed by atoms with Gasteiger partial charge in [0.1, 0.15) is 12.4 Å². The summed E-state index contributed by atoms with van der Waals surface area (Å²) in [5, 5.41) is 7.73. The fourth-order valence-electron chi connectivity index (χ4n) is 1.85. The number of hydrogen-bond donors (Lipinski definition) is 1. The largest absolute Gasteiger partial charge is 0.492 e. The minimum atomic E-state index is 0.620. The summed E-state index contributed by atoms with van der Waals surface area (Å²) in [7, 11) is 1.93. The number of aromatic nitrogens is 2. The molecule has 0 unspecified atom stereocenters. The SMILES string of the molecule is CCc1nn(C)cc1NCCOc1cccc(Br)c1. The first kappa shape index (κ1) is 13.9. The Morgan fingerprint density at radius 2 is 2.26 bits per heavy atom. The third-order valence-electron chi connectivity index (χ3n) is 2.72. The number of hydrogen-bond acceptors (Lipinski definition) is 3. The Bertz CT molecular complexity index is 539. The number of nitrogens with zero attached hydrogens (tertiary/aromatic N) is 2. The summed E-state index contributed by atoms with van der Waals surface area (Å²) in [5.74, 6) is 0.873. The molecule has 0 aliphatic carbocycles. The predicted octanol–water partition coefficient (Wildman–Crippen LogP) is 3.24. The van der Waals surface area contributed by atoms with Crippen LogP contribution in [0.25, 0.3) is 0 Å². The molecular weight excluding hydrogens is 306 g/mol. The predicted molar refractivity (Wildman–Crippen MR) is 80.7 cm³/mol. The van der Waals surface area contributed by atoms with E-state index >= 15 is 0 Å². The molecule has 0 atom stereocenters. The third kappa shape index (κ3) is 3.99. The van der Waals surface area contributed by atoms with Crippen molar-refractivity contribution in [2.75, 3.05) is 18.5 Å². The molecule has 5 heteroatoms.